The fourth-order valence-electron chi connectivity index (χ4n) is 3.00. The van der Waals surface area contributed by atoms with Gasteiger partial charge in [-0.1, -0.05) is 0 Å². The van der Waals surface area contributed by atoms with Crippen LogP contribution in [0.1, 0.15) is 25.7 Å². The predicted octanol–water partition coefficient (Wildman–Crippen LogP) is 0.239. The lowest BCUT2D eigenvalue weighted by Crippen LogP contribution is -2.46. The van der Waals surface area contributed by atoms with Crippen molar-refractivity contribution in [1.82, 2.24) is 5.32 Å². The number of hydrogen-bond acceptors (Lipinski definition) is 3. The summed E-state index contributed by atoms with van der Waals surface area (Å²) in [6.45, 7) is 2.29. The van der Waals surface area contributed by atoms with E-state index in [1.54, 1.807) is 0 Å². The third kappa shape index (κ3) is 2.06. The Hall–Kier alpha value is -0.0551. The van der Waals surface area contributed by atoms with E-state index in [9.17, 15) is 0 Å². The summed E-state index contributed by atoms with van der Waals surface area (Å²) in [5.74, 6) is 0.568. The van der Waals surface area contributed by atoms with Crippen LogP contribution in [0.25, 0.3) is 0 Å². The number of nitrogens with one attached hydrogen (secondary N) is 1. The van der Waals surface area contributed by atoms with Gasteiger partial charge in [-0.2, -0.15) is 0 Å². The van der Waals surface area contributed by atoms with Crippen molar-refractivity contribution < 1.29 is 10.0 Å². The van der Waals surface area contributed by atoms with Crippen LogP contribution in [0.3, 0.4) is 0 Å². The van der Waals surface area contributed by atoms with Gasteiger partial charge in [0.1, 0.15) is 0 Å². The molecule has 1 aliphatic carbocycles. The van der Waals surface area contributed by atoms with Crippen LogP contribution in [0.5, 0.6) is 0 Å². The highest BCUT2D eigenvalue weighted by Gasteiger charge is 2.44. The summed E-state index contributed by atoms with van der Waals surface area (Å²) in [6.07, 6.45) is 5.57. The molecule has 0 bridgehead atoms. The molecule has 0 aromatic heterocycles. The summed E-state index contributed by atoms with van der Waals surface area (Å²) < 4.78 is 0. The highest BCUT2D eigenvalue weighted by Crippen LogP contribution is 2.52. The van der Waals surface area contributed by atoms with E-state index in [2.05, 4.69) is 5.32 Å². The third-order valence-corrected chi connectivity index (χ3v) is 3.65. The zero-order valence-electron chi connectivity index (χ0n) is 8.00. The smallest absolute Gasteiger partial charge is 0.427 e. The Morgan fingerprint density at radius 1 is 1.23 bits per heavy atom. The fourth-order valence-corrected chi connectivity index (χ4v) is 3.00. The minimum atomic E-state index is -1.09. The zero-order valence-corrected chi connectivity index (χ0v) is 8.00. The molecule has 13 heavy (non-hydrogen) atoms. The van der Waals surface area contributed by atoms with E-state index in [1.165, 1.54) is 25.7 Å². The summed E-state index contributed by atoms with van der Waals surface area (Å²) in [5, 5.41) is 21.0. The SMILES string of the molecule is OB(O)CC1CC2(CCNCC2)C1. The first-order chi connectivity index (χ1) is 6.20. The van der Waals surface area contributed by atoms with E-state index in [4.69, 9.17) is 10.0 Å². The number of rotatable bonds is 2. The Morgan fingerprint density at radius 3 is 2.38 bits per heavy atom. The van der Waals surface area contributed by atoms with Gasteiger partial charge in [-0.05, 0) is 56.4 Å². The monoisotopic (exact) mass is 183 g/mol. The average molecular weight is 183 g/mol. The van der Waals surface area contributed by atoms with Gasteiger partial charge in [0.25, 0.3) is 0 Å². The van der Waals surface area contributed by atoms with Gasteiger partial charge in [-0.25, -0.2) is 0 Å². The van der Waals surface area contributed by atoms with Gasteiger partial charge in [0.2, 0.25) is 0 Å². The van der Waals surface area contributed by atoms with Crippen molar-refractivity contribution in [3.8, 4) is 0 Å². The minimum absolute atomic E-state index is 0.568. The van der Waals surface area contributed by atoms with E-state index >= 15 is 0 Å². The molecule has 1 heterocycles. The van der Waals surface area contributed by atoms with Crippen LogP contribution in [0.4, 0.5) is 0 Å². The minimum Gasteiger partial charge on any atom is -0.427 e. The van der Waals surface area contributed by atoms with E-state index in [0.717, 1.165) is 13.1 Å². The third-order valence-electron chi connectivity index (χ3n) is 3.65. The molecule has 1 saturated heterocycles. The van der Waals surface area contributed by atoms with Crippen LogP contribution in [-0.2, 0) is 0 Å². The topological polar surface area (TPSA) is 52.5 Å². The van der Waals surface area contributed by atoms with Crippen LogP contribution < -0.4 is 5.32 Å². The average Bonchev–Trinajstić information content (AvgIpc) is 2.02. The maximum absolute atomic E-state index is 8.82. The number of piperidine rings is 1. The largest absolute Gasteiger partial charge is 0.451 e. The standard InChI is InChI=1S/C9H18BNO2/c12-10(13)7-8-5-9(6-8)1-3-11-4-2-9/h8,11-13H,1-7H2. The molecule has 0 radical (unpaired) electrons. The Bertz CT molecular complexity index is 172. The van der Waals surface area contributed by atoms with E-state index in [0.29, 0.717) is 17.7 Å². The molecular formula is C9H18BNO2. The summed E-state index contributed by atoms with van der Waals surface area (Å²) in [4.78, 5) is 0. The predicted molar refractivity (Wildman–Crippen MR) is 52.3 cm³/mol. The molecule has 0 amide bonds. The van der Waals surface area contributed by atoms with Crippen molar-refractivity contribution in [2.24, 2.45) is 11.3 Å². The van der Waals surface area contributed by atoms with Gasteiger partial charge in [-0.3, -0.25) is 0 Å². The first-order valence-electron chi connectivity index (χ1n) is 5.27. The molecule has 0 unspecified atom stereocenters. The summed E-state index contributed by atoms with van der Waals surface area (Å²) in [7, 11) is -1.09. The normalized spacial score (nSPS) is 27.2. The maximum atomic E-state index is 8.82. The molecule has 1 aliphatic heterocycles. The first-order valence-corrected chi connectivity index (χ1v) is 5.27. The lowest BCUT2D eigenvalue weighted by atomic mass is 9.53. The van der Waals surface area contributed by atoms with Crippen molar-refractivity contribution in [3.05, 3.63) is 0 Å². The van der Waals surface area contributed by atoms with Gasteiger partial charge < -0.3 is 15.4 Å². The van der Waals surface area contributed by atoms with Crippen LogP contribution in [-0.4, -0.2) is 30.3 Å². The summed E-state index contributed by atoms with van der Waals surface area (Å²) in [5.41, 5.74) is 0.574. The molecule has 4 heteroatoms. The molecular weight excluding hydrogens is 165 g/mol. The zero-order chi connectivity index (χ0) is 9.31. The van der Waals surface area contributed by atoms with Gasteiger partial charge >= 0.3 is 7.12 Å². The Kier molecular flexibility index (Phi) is 2.63. The molecule has 74 valence electrons. The van der Waals surface area contributed by atoms with Gasteiger partial charge in [0, 0.05) is 0 Å². The fraction of sp³-hybridized carbons (Fsp3) is 1.00. The van der Waals surface area contributed by atoms with Gasteiger partial charge in [0.05, 0.1) is 0 Å². The molecule has 1 spiro atoms. The Balaban J connectivity index is 1.75. The first kappa shape index (κ1) is 9.50. The maximum Gasteiger partial charge on any atom is 0.451 e. The Labute approximate surface area is 79.7 Å². The van der Waals surface area contributed by atoms with Gasteiger partial charge in [-0.15, -0.1) is 0 Å². The summed E-state index contributed by atoms with van der Waals surface area (Å²) in [6, 6.07) is 0. The Morgan fingerprint density at radius 2 is 1.85 bits per heavy atom. The summed E-state index contributed by atoms with van der Waals surface area (Å²) >= 11 is 0. The molecule has 2 aliphatic rings. The quantitative estimate of drug-likeness (QED) is 0.537. The lowest BCUT2D eigenvalue weighted by molar-refractivity contribution is 0.0286. The molecule has 0 atom stereocenters. The van der Waals surface area contributed by atoms with Gasteiger partial charge in [0.15, 0.2) is 0 Å². The highest BCUT2D eigenvalue weighted by molar-refractivity contribution is 6.41. The highest BCUT2D eigenvalue weighted by atomic mass is 16.4. The molecule has 3 N–H and O–H groups in total. The molecule has 0 aromatic rings. The second-order valence-corrected chi connectivity index (χ2v) is 4.74. The van der Waals surface area contributed by atoms with Crippen molar-refractivity contribution in [2.45, 2.75) is 32.0 Å². The van der Waals surface area contributed by atoms with Crippen molar-refractivity contribution in [2.75, 3.05) is 13.1 Å². The molecule has 1 saturated carbocycles. The van der Waals surface area contributed by atoms with Crippen molar-refractivity contribution >= 4 is 7.12 Å². The lowest BCUT2D eigenvalue weighted by Gasteiger charge is -2.50. The molecule has 2 rings (SSSR count). The van der Waals surface area contributed by atoms with E-state index in [1.807, 2.05) is 0 Å². The van der Waals surface area contributed by atoms with Crippen LogP contribution in [0.15, 0.2) is 0 Å². The second kappa shape index (κ2) is 3.60. The van der Waals surface area contributed by atoms with Crippen LogP contribution >= 0.6 is 0 Å². The molecule has 3 nitrogen and oxygen atoms in total. The van der Waals surface area contributed by atoms with E-state index < -0.39 is 7.12 Å². The van der Waals surface area contributed by atoms with Crippen LogP contribution in [0.2, 0.25) is 6.32 Å². The molecule has 0 aromatic carbocycles. The number of hydrogen-bond donors (Lipinski definition) is 3. The molecule has 2 fully saturated rings. The van der Waals surface area contributed by atoms with Crippen LogP contribution in [0, 0.1) is 11.3 Å². The van der Waals surface area contributed by atoms with Crippen molar-refractivity contribution in [1.29, 1.82) is 0 Å². The van der Waals surface area contributed by atoms with E-state index in [-0.39, 0.29) is 0 Å². The second-order valence-electron chi connectivity index (χ2n) is 4.74. The van der Waals surface area contributed by atoms with Crippen molar-refractivity contribution in [3.63, 3.8) is 0 Å².